The van der Waals surface area contributed by atoms with E-state index in [0.29, 0.717) is 13.0 Å². The first-order valence-electron chi connectivity index (χ1n) is 4.44. The number of amides is 1. The van der Waals surface area contributed by atoms with Crippen molar-refractivity contribution < 1.29 is 13.6 Å². The van der Waals surface area contributed by atoms with Crippen molar-refractivity contribution >= 4 is 11.6 Å². The van der Waals surface area contributed by atoms with Crippen LogP contribution in [0.5, 0.6) is 0 Å². The standard InChI is InChI=1S/C10H9F2NO/c11-7-3-4-9(8(12)6-7)13-5-1-2-10(13)14/h3-4,6H,1-2,5H2. The zero-order chi connectivity index (χ0) is 10.1. The van der Waals surface area contributed by atoms with Crippen LogP contribution < -0.4 is 4.90 Å². The van der Waals surface area contributed by atoms with Crippen molar-refractivity contribution in [2.75, 3.05) is 11.4 Å². The van der Waals surface area contributed by atoms with Gasteiger partial charge in [-0.3, -0.25) is 4.79 Å². The van der Waals surface area contributed by atoms with Crippen LogP contribution in [0.2, 0.25) is 0 Å². The number of nitrogens with zero attached hydrogens (tertiary/aromatic N) is 1. The molecule has 2 nitrogen and oxygen atoms in total. The minimum absolute atomic E-state index is 0.101. The Morgan fingerprint density at radius 2 is 2.07 bits per heavy atom. The molecule has 0 bridgehead atoms. The second-order valence-corrected chi connectivity index (χ2v) is 3.24. The molecule has 1 saturated heterocycles. The van der Waals surface area contributed by atoms with Crippen molar-refractivity contribution in [2.45, 2.75) is 12.8 Å². The first kappa shape index (κ1) is 9.12. The van der Waals surface area contributed by atoms with E-state index in [1.54, 1.807) is 0 Å². The molecule has 1 aromatic rings. The Labute approximate surface area is 80.1 Å². The Bertz CT molecular complexity index is 378. The van der Waals surface area contributed by atoms with E-state index in [1.165, 1.54) is 11.0 Å². The molecular formula is C10H9F2NO. The lowest BCUT2D eigenvalue weighted by Crippen LogP contribution is -2.24. The minimum atomic E-state index is -0.680. The Hall–Kier alpha value is -1.45. The Balaban J connectivity index is 2.36. The Kier molecular flexibility index (Phi) is 2.19. The van der Waals surface area contributed by atoms with Gasteiger partial charge >= 0.3 is 0 Å². The maximum atomic E-state index is 13.2. The van der Waals surface area contributed by atoms with E-state index in [1.807, 2.05) is 0 Å². The number of carbonyl (C=O) groups excluding carboxylic acids is 1. The maximum absolute atomic E-state index is 13.2. The van der Waals surface area contributed by atoms with Crippen LogP contribution in [0.15, 0.2) is 18.2 Å². The fraction of sp³-hybridized carbons (Fsp3) is 0.300. The summed E-state index contributed by atoms with van der Waals surface area (Å²) in [6, 6.07) is 3.25. The molecule has 0 N–H and O–H groups in total. The van der Waals surface area contributed by atoms with Gasteiger partial charge in [0.05, 0.1) is 5.69 Å². The zero-order valence-electron chi connectivity index (χ0n) is 7.46. The van der Waals surface area contributed by atoms with Crippen molar-refractivity contribution in [1.29, 1.82) is 0 Å². The fourth-order valence-electron chi connectivity index (χ4n) is 1.60. The highest BCUT2D eigenvalue weighted by molar-refractivity contribution is 5.95. The molecule has 1 amide bonds. The monoisotopic (exact) mass is 197 g/mol. The molecule has 1 aliphatic heterocycles. The molecule has 1 fully saturated rings. The largest absolute Gasteiger partial charge is 0.310 e. The van der Waals surface area contributed by atoms with E-state index >= 15 is 0 Å². The predicted octanol–water partition coefficient (Wildman–Crippen LogP) is 2.09. The van der Waals surface area contributed by atoms with Gasteiger partial charge in [0.2, 0.25) is 5.91 Å². The van der Waals surface area contributed by atoms with Gasteiger partial charge in [0.15, 0.2) is 0 Å². The van der Waals surface area contributed by atoms with Crippen LogP contribution in [0.25, 0.3) is 0 Å². The van der Waals surface area contributed by atoms with Gasteiger partial charge in [-0.25, -0.2) is 8.78 Å². The van der Waals surface area contributed by atoms with Gasteiger partial charge in [-0.05, 0) is 18.6 Å². The van der Waals surface area contributed by atoms with Gasteiger partial charge in [0.25, 0.3) is 0 Å². The first-order valence-corrected chi connectivity index (χ1v) is 4.44. The van der Waals surface area contributed by atoms with Gasteiger partial charge in [-0.15, -0.1) is 0 Å². The third kappa shape index (κ3) is 1.47. The molecule has 0 saturated carbocycles. The molecule has 0 aromatic heterocycles. The van der Waals surface area contributed by atoms with Crippen molar-refractivity contribution in [3.8, 4) is 0 Å². The predicted molar refractivity (Wildman–Crippen MR) is 47.9 cm³/mol. The van der Waals surface area contributed by atoms with Crippen molar-refractivity contribution in [1.82, 2.24) is 0 Å². The van der Waals surface area contributed by atoms with E-state index in [2.05, 4.69) is 0 Å². The molecule has 1 heterocycles. The zero-order valence-corrected chi connectivity index (χ0v) is 7.46. The summed E-state index contributed by atoms with van der Waals surface area (Å²) < 4.78 is 25.8. The van der Waals surface area contributed by atoms with E-state index in [0.717, 1.165) is 18.6 Å². The molecule has 0 aliphatic carbocycles. The summed E-state index contributed by atoms with van der Waals surface area (Å²) in [6.07, 6.45) is 1.17. The molecule has 1 aliphatic rings. The summed E-state index contributed by atoms with van der Waals surface area (Å²) in [5, 5.41) is 0. The highest BCUT2D eigenvalue weighted by Gasteiger charge is 2.24. The van der Waals surface area contributed by atoms with Crippen LogP contribution in [0.3, 0.4) is 0 Å². The third-order valence-electron chi connectivity index (χ3n) is 2.27. The summed E-state index contributed by atoms with van der Waals surface area (Å²) in [5.74, 6) is -1.41. The lowest BCUT2D eigenvalue weighted by Gasteiger charge is -2.15. The van der Waals surface area contributed by atoms with Crippen LogP contribution in [0.1, 0.15) is 12.8 Å². The van der Waals surface area contributed by atoms with Gasteiger partial charge in [-0.2, -0.15) is 0 Å². The molecule has 2 rings (SSSR count). The smallest absolute Gasteiger partial charge is 0.227 e. The van der Waals surface area contributed by atoms with E-state index in [-0.39, 0.29) is 11.6 Å². The Morgan fingerprint density at radius 3 is 2.64 bits per heavy atom. The molecule has 0 spiro atoms. The summed E-state index contributed by atoms with van der Waals surface area (Å²) in [6.45, 7) is 0.515. The van der Waals surface area contributed by atoms with Gasteiger partial charge in [-0.1, -0.05) is 0 Å². The highest BCUT2D eigenvalue weighted by atomic mass is 19.1. The fourth-order valence-corrected chi connectivity index (χ4v) is 1.60. The van der Waals surface area contributed by atoms with Gasteiger partial charge in [0, 0.05) is 19.0 Å². The lowest BCUT2D eigenvalue weighted by molar-refractivity contribution is -0.117. The van der Waals surface area contributed by atoms with Crippen LogP contribution in [-0.2, 0) is 4.79 Å². The van der Waals surface area contributed by atoms with Crippen LogP contribution in [-0.4, -0.2) is 12.5 Å². The highest BCUT2D eigenvalue weighted by Crippen LogP contribution is 2.24. The van der Waals surface area contributed by atoms with Crippen molar-refractivity contribution in [3.63, 3.8) is 0 Å². The third-order valence-corrected chi connectivity index (χ3v) is 2.27. The topological polar surface area (TPSA) is 20.3 Å². The van der Waals surface area contributed by atoms with E-state index in [9.17, 15) is 13.6 Å². The van der Waals surface area contributed by atoms with Crippen molar-refractivity contribution in [2.24, 2.45) is 0 Å². The molecular weight excluding hydrogens is 188 g/mol. The average molecular weight is 197 g/mol. The maximum Gasteiger partial charge on any atom is 0.227 e. The molecule has 0 radical (unpaired) electrons. The van der Waals surface area contributed by atoms with Gasteiger partial charge in [0.1, 0.15) is 11.6 Å². The first-order chi connectivity index (χ1) is 6.68. The van der Waals surface area contributed by atoms with E-state index in [4.69, 9.17) is 0 Å². The average Bonchev–Trinajstić information content (AvgIpc) is 2.52. The second-order valence-electron chi connectivity index (χ2n) is 3.24. The normalized spacial score (nSPS) is 16.4. The Morgan fingerprint density at radius 1 is 1.29 bits per heavy atom. The molecule has 74 valence electrons. The number of benzene rings is 1. The lowest BCUT2D eigenvalue weighted by atomic mass is 10.2. The minimum Gasteiger partial charge on any atom is -0.310 e. The van der Waals surface area contributed by atoms with Crippen LogP contribution in [0.4, 0.5) is 14.5 Å². The number of rotatable bonds is 1. The summed E-state index contributed by atoms with van der Waals surface area (Å²) in [5.41, 5.74) is 0.175. The number of hydrogen-bond donors (Lipinski definition) is 0. The number of anilines is 1. The number of carbonyl (C=O) groups is 1. The quantitative estimate of drug-likeness (QED) is 0.675. The van der Waals surface area contributed by atoms with Crippen molar-refractivity contribution in [3.05, 3.63) is 29.8 Å². The molecule has 1 aromatic carbocycles. The molecule has 0 atom stereocenters. The van der Waals surface area contributed by atoms with Crippen LogP contribution in [0, 0.1) is 11.6 Å². The summed E-state index contributed by atoms with van der Waals surface area (Å²) in [7, 11) is 0. The second kappa shape index (κ2) is 3.36. The summed E-state index contributed by atoms with van der Waals surface area (Å²) >= 11 is 0. The molecule has 4 heteroatoms. The molecule has 14 heavy (non-hydrogen) atoms. The number of halogens is 2. The van der Waals surface area contributed by atoms with E-state index < -0.39 is 11.6 Å². The van der Waals surface area contributed by atoms with Crippen LogP contribution >= 0.6 is 0 Å². The summed E-state index contributed by atoms with van der Waals surface area (Å²) in [4.78, 5) is 12.6. The van der Waals surface area contributed by atoms with Gasteiger partial charge < -0.3 is 4.90 Å². The molecule has 0 unspecified atom stereocenters. The SMILES string of the molecule is O=C1CCCN1c1ccc(F)cc1F. The number of hydrogen-bond acceptors (Lipinski definition) is 1.